The molecule has 5 heteroatoms. The zero-order chi connectivity index (χ0) is 17.0. The summed E-state index contributed by atoms with van der Waals surface area (Å²) >= 11 is 0. The third kappa shape index (κ3) is 4.08. The molecule has 1 aliphatic carbocycles. The highest BCUT2D eigenvalue weighted by Crippen LogP contribution is 2.29. The second-order valence-corrected chi connectivity index (χ2v) is 7.38. The lowest BCUT2D eigenvalue weighted by Gasteiger charge is -2.41. The van der Waals surface area contributed by atoms with Crippen LogP contribution in [0.5, 0.6) is 0 Å². The average molecular weight is 331 g/mol. The van der Waals surface area contributed by atoms with E-state index in [0.717, 1.165) is 45.6 Å². The van der Waals surface area contributed by atoms with Crippen molar-refractivity contribution in [1.82, 2.24) is 15.5 Å². The highest BCUT2D eigenvalue weighted by atomic mass is 16.5. The first-order valence-corrected chi connectivity index (χ1v) is 9.01. The molecule has 5 nitrogen and oxygen atoms in total. The lowest BCUT2D eigenvalue weighted by Crippen LogP contribution is -2.56. The van der Waals surface area contributed by atoms with Gasteiger partial charge >= 0.3 is 6.03 Å². The Hall–Kier alpha value is -1.59. The van der Waals surface area contributed by atoms with E-state index >= 15 is 0 Å². The molecule has 1 aromatic carbocycles. The van der Waals surface area contributed by atoms with Gasteiger partial charge in [-0.05, 0) is 44.2 Å². The molecule has 24 heavy (non-hydrogen) atoms. The van der Waals surface area contributed by atoms with Crippen LogP contribution >= 0.6 is 0 Å². The predicted molar refractivity (Wildman–Crippen MR) is 95.1 cm³/mol. The van der Waals surface area contributed by atoms with E-state index in [1.54, 1.807) is 0 Å². The summed E-state index contributed by atoms with van der Waals surface area (Å²) in [4.78, 5) is 14.8. The quantitative estimate of drug-likeness (QED) is 0.891. The van der Waals surface area contributed by atoms with Gasteiger partial charge in [0.2, 0.25) is 0 Å². The number of hydrogen-bond acceptors (Lipinski definition) is 3. The number of ether oxygens (including phenoxy) is 1. The molecular formula is C19H29N3O2. The van der Waals surface area contributed by atoms with Gasteiger partial charge < -0.3 is 15.4 Å². The van der Waals surface area contributed by atoms with Crippen molar-refractivity contribution in [2.45, 2.75) is 44.7 Å². The molecule has 0 spiro atoms. The molecule has 132 valence electrons. The Labute approximate surface area is 144 Å². The van der Waals surface area contributed by atoms with Crippen LogP contribution in [0.3, 0.4) is 0 Å². The summed E-state index contributed by atoms with van der Waals surface area (Å²) in [5, 5.41) is 6.22. The number of nitrogens with zero attached hydrogens (tertiary/aromatic N) is 1. The van der Waals surface area contributed by atoms with Gasteiger partial charge in [-0.15, -0.1) is 0 Å². The van der Waals surface area contributed by atoms with Gasteiger partial charge in [-0.2, -0.15) is 0 Å². The number of aryl methyl sites for hydroxylation is 1. The lowest BCUT2D eigenvalue weighted by molar-refractivity contribution is -0.00877. The molecule has 3 rings (SSSR count). The maximum absolute atomic E-state index is 12.4. The van der Waals surface area contributed by atoms with E-state index in [4.69, 9.17) is 4.74 Å². The Bertz CT molecular complexity index is 567. The minimum Gasteiger partial charge on any atom is -0.379 e. The topological polar surface area (TPSA) is 53.6 Å². The smallest absolute Gasteiger partial charge is 0.315 e. The molecule has 0 aromatic heterocycles. The van der Waals surface area contributed by atoms with Crippen LogP contribution < -0.4 is 10.6 Å². The number of hydrogen-bond donors (Lipinski definition) is 2. The van der Waals surface area contributed by atoms with Crippen molar-refractivity contribution in [3.8, 4) is 0 Å². The zero-order valence-corrected chi connectivity index (χ0v) is 14.8. The second-order valence-electron chi connectivity index (χ2n) is 7.38. The molecule has 0 radical (unpaired) electrons. The Morgan fingerprint density at radius 2 is 2.04 bits per heavy atom. The molecule has 1 aromatic rings. The minimum absolute atomic E-state index is 0.0639. The summed E-state index contributed by atoms with van der Waals surface area (Å²) in [5.41, 5.74) is 2.57. The maximum atomic E-state index is 12.4. The van der Waals surface area contributed by atoms with Crippen molar-refractivity contribution in [1.29, 1.82) is 0 Å². The van der Waals surface area contributed by atoms with Crippen LogP contribution in [-0.4, -0.2) is 49.3 Å². The van der Waals surface area contributed by atoms with E-state index in [1.165, 1.54) is 11.1 Å². The summed E-state index contributed by atoms with van der Waals surface area (Å²) in [5.74, 6) is 0. The van der Waals surface area contributed by atoms with Crippen molar-refractivity contribution >= 4 is 6.03 Å². The van der Waals surface area contributed by atoms with Crippen LogP contribution in [0.25, 0.3) is 0 Å². The van der Waals surface area contributed by atoms with E-state index in [2.05, 4.69) is 53.6 Å². The standard InChI is InChI=1S/C19H29N3O2/c1-19(2,22-10-12-24-13-11-22)14-20-18(23)21-17-9-5-7-15-6-3-4-8-16(15)17/h3-4,6,8,17H,5,7,9-14H2,1-2H3,(H2,20,21,23)/t17-/m0/s1. The van der Waals surface area contributed by atoms with Gasteiger partial charge in [-0.1, -0.05) is 24.3 Å². The summed E-state index contributed by atoms with van der Waals surface area (Å²) in [6, 6.07) is 8.49. The number of morpholine rings is 1. The Morgan fingerprint density at radius 3 is 2.83 bits per heavy atom. The summed E-state index contributed by atoms with van der Waals surface area (Å²) in [6.07, 6.45) is 3.25. The molecule has 2 aliphatic rings. The van der Waals surface area contributed by atoms with Gasteiger partial charge in [0.1, 0.15) is 0 Å². The summed E-state index contributed by atoms with van der Waals surface area (Å²) < 4.78 is 5.41. The fourth-order valence-electron chi connectivity index (χ4n) is 3.69. The maximum Gasteiger partial charge on any atom is 0.315 e. The van der Waals surface area contributed by atoms with Crippen LogP contribution in [0, 0.1) is 0 Å². The second kappa shape index (κ2) is 7.53. The summed E-state index contributed by atoms with van der Waals surface area (Å²) in [6.45, 7) is 8.37. The molecule has 1 aliphatic heterocycles. The van der Waals surface area contributed by atoms with E-state index in [9.17, 15) is 4.79 Å². The molecule has 0 saturated carbocycles. The first-order valence-electron chi connectivity index (χ1n) is 9.01. The van der Waals surface area contributed by atoms with Gasteiger partial charge in [0.15, 0.2) is 0 Å². The van der Waals surface area contributed by atoms with Gasteiger partial charge in [-0.25, -0.2) is 4.79 Å². The fraction of sp³-hybridized carbons (Fsp3) is 0.632. The zero-order valence-electron chi connectivity index (χ0n) is 14.8. The lowest BCUT2D eigenvalue weighted by atomic mass is 9.88. The number of carbonyl (C=O) groups excluding carboxylic acids is 1. The molecule has 1 saturated heterocycles. The normalized spacial score (nSPS) is 21.8. The molecule has 0 bridgehead atoms. The van der Waals surface area contributed by atoms with E-state index in [0.29, 0.717) is 6.54 Å². The highest BCUT2D eigenvalue weighted by Gasteiger charge is 2.29. The van der Waals surface area contributed by atoms with Crippen LogP contribution in [0.15, 0.2) is 24.3 Å². The largest absolute Gasteiger partial charge is 0.379 e. The number of nitrogens with one attached hydrogen (secondary N) is 2. The molecule has 2 N–H and O–H groups in total. The van der Waals surface area contributed by atoms with Crippen molar-refractivity contribution < 1.29 is 9.53 Å². The van der Waals surface area contributed by atoms with Gasteiger partial charge in [0.25, 0.3) is 0 Å². The number of rotatable bonds is 4. The average Bonchev–Trinajstić information content (AvgIpc) is 2.61. The number of fused-ring (bicyclic) bond motifs is 1. The number of amides is 2. The third-order valence-electron chi connectivity index (χ3n) is 5.22. The predicted octanol–water partition coefficient (Wildman–Crippen LogP) is 2.47. The van der Waals surface area contributed by atoms with Crippen LogP contribution in [0.4, 0.5) is 4.79 Å². The van der Waals surface area contributed by atoms with Crippen LogP contribution in [0.2, 0.25) is 0 Å². The third-order valence-corrected chi connectivity index (χ3v) is 5.22. The minimum atomic E-state index is -0.0713. The molecule has 1 fully saturated rings. The van der Waals surface area contributed by atoms with Gasteiger partial charge in [0, 0.05) is 25.2 Å². The van der Waals surface area contributed by atoms with Crippen LogP contribution in [0.1, 0.15) is 43.9 Å². The molecular weight excluding hydrogens is 302 g/mol. The van der Waals surface area contributed by atoms with E-state index < -0.39 is 0 Å². The van der Waals surface area contributed by atoms with Crippen molar-refractivity contribution in [3.63, 3.8) is 0 Å². The monoisotopic (exact) mass is 331 g/mol. The Balaban J connectivity index is 1.53. The van der Waals surface area contributed by atoms with Crippen molar-refractivity contribution in [2.75, 3.05) is 32.8 Å². The Kier molecular flexibility index (Phi) is 5.41. The number of benzene rings is 1. The first-order chi connectivity index (χ1) is 11.6. The van der Waals surface area contributed by atoms with E-state index in [1.807, 2.05) is 0 Å². The number of urea groups is 1. The van der Waals surface area contributed by atoms with Crippen LogP contribution in [-0.2, 0) is 11.2 Å². The highest BCUT2D eigenvalue weighted by molar-refractivity contribution is 5.74. The molecule has 1 heterocycles. The molecule has 0 unspecified atom stereocenters. The van der Waals surface area contributed by atoms with Gasteiger partial charge in [0.05, 0.1) is 19.3 Å². The van der Waals surface area contributed by atoms with Crippen molar-refractivity contribution in [3.05, 3.63) is 35.4 Å². The number of carbonyl (C=O) groups is 1. The van der Waals surface area contributed by atoms with Crippen molar-refractivity contribution in [2.24, 2.45) is 0 Å². The van der Waals surface area contributed by atoms with E-state index in [-0.39, 0.29) is 17.6 Å². The molecule has 2 amide bonds. The summed E-state index contributed by atoms with van der Waals surface area (Å²) in [7, 11) is 0. The first kappa shape index (κ1) is 17.2. The Morgan fingerprint density at radius 1 is 1.29 bits per heavy atom. The van der Waals surface area contributed by atoms with Gasteiger partial charge in [-0.3, -0.25) is 4.90 Å². The molecule has 1 atom stereocenters. The fourth-order valence-corrected chi connectivity index (χ4v) is 3.69. The SMILES string of the molecule is CC(C)(CNC(=O)N[C@H]1CCCc2ccccc21)N1CCOCC1.